The summed E-state index contributed by atoms with van der Waals surface area (Å²) in [6.07, 6.45) is 3.90. The highest BCUT2D eigenvalue weighted by molar-refractivity contribution is 5.89. The van der Waals surface area contributed by atoms with Crippen LogP contribution in [0, 0.1) is 0 Å². The minimum absolute atomic E-state index is 0.272. The molecule has 0 aromatic heterocycles. The van der Waals surface area contributed by atoms with E-state index in [9.17, 15) is 4.79 Å². The van der Waals surface area contributed by atoms with Crippen molar-refractivity contribution < 1.29 is 9.53 Å². The van der Waals surface area contributed by atoms with Crippen LogP contribution in [0.1, 0.15) is 49.0 Å². The molecule has 1 saturated heterocycles. The van der Waals surface area contributed by atoms with E-state index in [0.717, 1.165) is 6.54 Å². The number of rotatable bonds is 3. The minimum Gasteiger partial charge on any atom is -0.465 e. The molecule has 1 fully saturated rings. The van der Waals surface area contributed by atoms with Gasteiger partial charge in [-0.25, -0.2) is 4.79 Å². The van der Waals surface area contributed by atoms with E-state index in [-0.39, 0.29) is 5.97 Å². The normalized spacial score (nSPS) is 24.2. The maximum atomic E-state index is 11.4. The lowest BCUT2D eigenvalue weighted by molar-refractivity contribution is 0.0600. The Kier molecular flexibility index (Phi) is 4.59. The molecule has 0 saturated carbocycles. The van der Waals surface area contributed by atoms with Gasteiger partial charge in [0.25, 0.3) is 0 Å². The van der Waals surface area contributed by atoms with Crippen molar-refractivity contribution in [2.45, 2.75) is 51.7 Å². The first kappa shape index (κ1) is 14.1. The molecule has 104 valence electrons. The lowest BCUT2D eigenvalue weighted by Gasteiger charge is -2.39. The molecular weight excluding hydrogens is 238 g/mol. The number of carbonyl (C=O) groups excluding carboxylic acids is 1. The SMILES string of the molecule is COC(=O)c1ccc(CN2[C@H](C)CCC[C@@H]2C)cc1. The molecule has 0 aliphatic carbocycles. The number of esters is 1. The van der Waals surface area contributed by atoms with E-state index in [0.29, 0.717) is 17.6 Å². The predicted octanol–water partition coefficient (Wildman–Crippen LogP) is 3.24. The fraction of sp³-hybridized carbons (Fsp3) is 0.562. The fourth-order valence-electron chi connectivity index (χ4n) is 2.86. The van der Waals surface area contributed by atoms with Crippen molar-refractivity contribution in [1.82, 2.24) is 4.90 Å². The van der Waals surface area contributed by atoms with E-state index < -0.39 is 0 Å². The van der Waals surface area contributed by atoms with E-state index >= 15 is 0 Å². The molecule has 0 radical (unpaired) electrons. The van der Waals surface area contributed by atoms with Gasteiger partial charge in [0, 0.05) is 18.6 Å². The quantitative estimate of drug-likeness (QED) is 0.782. The Morgan fingerprint density at radius 1 is 1.21 bits per heavy atom. The molecule has 0 unspecified atom stereocenters. The Bertz CT molecular complexity index is 417. The number of likely N-dealkylation sites (tertiary alicyclic amines) is 1. The molecule has 2 atom stereocenters. The molecule has 2 rings (SSSR count). The second kappa shape index (κ2) is 6.20. The molecule has 1 aliphatic heterocycles. The summed E-state index contributed by atoms with van der Waals surface area (Å²) in [4.78, 5) is 13.9. The van der Waals surface area contributed by atoms with Gasteiger partial charge >= 0.3 is 5.97 Å². The number of carbonyl (C=O) groups is 1. The third kappa shape index (κ3) is 3.35. The van der Waals surface area contributed by atoms with Crippen LogP contribution in [-0.2, 0) is 11.3 Å². The Balaban J connectivity index is 2.04. The third-order valence-corrected chi connectivity index (χ3v) is 4.12. The number of benzene rings is 1. The molecule has 3 heteroatoms. The van der Waals surface area contributed by atoms with E-state index in [1.165, 1.54) is 31.9 Å². The smallest absolute Gasteiger partial charge is 0.337 e. The molecule has 0 N–H and O–H groups in total. The van der Waals surface area contributed by atoms with Crippen LogP contribution in [0.5, 0.6) is 0 Å². The van der Waals surface area contributed by atoms with Crippen LogP contribution in [0.25, 0.3) is 0 Å². The topological polar surface area (TPSA) is 29.5 Å². The summed E-state index contributed by atoms with van der Waals surface area (Å²) in [5.74, 6) is -0.272. The Labute approximate surface area is 115 Å². The van der Waals surface area contributed by atoms with Crippen LogP contribution in [-0.4, -0.2) is 30.1 Å². The van der Waals surface area contributed by atoms with Crippen LogP contribution in [0.2, 0.25) is 0 Å². The molecule has 0 bridgehead atoms. The molecule has 1 aromatic rings. The highest BCUT2D eigenvalue weighted by Gasteiger charge is 2.24. The Hall–Kier alpha value is -1.35. The van der Waals surface area contributed by atoms with Crippen LogP contribution in [0.4, 0.5) is 0 Å². The largest absolute Gasteiger partial charge is 0.465 e. The maximum Gasteiger partial charge on any atom is 0.337 e. The lowest BCUT2D eigenvalue weighted by atomic mass is 9.96. The molecule has 0 spiro atoms. The van der Waals surface area contributed by atoms with Crippen LogP contribution >= 0.6 is 0 Å². The van der Waals surface area contributed by atoms with E-state index in [2.05, 4.69) is 18.7 Å². The van der Waals surface area contributed by atoms with Crippen molar-refractivity contribution in [2.75, 3.05) is 7.11 Å². The monoisotopic (exact) mass is 261 g/mol. The van der Waals surface area contributed by atoms with Gasteiger partial charge in [-0.3, -0.25) is 4.90 Å². The average molecular weight is 261 g/mol. The van der Waals surface area contributed by atoms with Gasteiger partial charge in [-0.2, -0.15) is 0 Å². The van der Waals surface area contributed by atoms with Crippen molar-refractivity contribution in [2.24, 2.45) is 0 Å². The fourth-order valence-corrected chi connectivity index (χ4v) is 2.86. The maximum absolute atomic E-state index is 11.4. The van der Waals surface area contributed by atoms with Crippen molar-refractivity contribution >= 4 is 5.97 Å². The number of ether oxygens (including phenoxy) is 1. The first-order valence-corrected chi connectivity index (χ1v) is 7.05. The van der Waals surface area contributed by atoms with Gasteiger partial charge in [-0.1, -0.05) is 18.6 Å². The second-order valence-corrected chi connectivity index (χ2v) is 5.49. The van der Waals surface area contributed by atoms with Crippen LogP contribution in [0.3, 0.4) is 0 Å². The molecule has 1 heterocycles. The standard InChI is InChI=1S/C16H23NO2/c1-12-5-4-6-13(2)17(12)11-14-7-9-15(10-8-14)16(18)19-3/h7-10,12-13H,4-6,11H2,1-3H3/t12-,13+. The summed E-state index contributed by atoms with van der Waals surface area (Å²) in [6.45, 7) is 5.57. The Morgan fingerprint density at radius 2 is 1.79 bits per heavy atom. The first-order valence-electron chi connectivity index (χ1n) is 7.05. The predicted molar refractivity (Wildman–Crippen MR) is 76.1 cm³/mol. The van der Waals surface area contributed by atoms with Crippen LogP contribution < -0.4 is 0 Å². The van der Waals surface area contributed by atoms with Gasteiger partial charge in [0.05, 0.1) is 12.7 Å². The van der Waals surface area contributed by atoms with Gasteiger partial charge in [0.2, 0.25) is 0 Å². The van der Waals surface area contributed by atoms with Gasteiger partial charge in [0.1, 0.15) is 0 Å². The molecule has 0 amide bonds. The summed E-state index contributed by atoms with van der Waals surface area (Å²) < 4.78 is 4.71. The van der Waals surface area contributed by atoms with Crippen molar-refractivity contribution in [3.63, 3.8) is 0 Å². The zero-order chi connectivity index (χ0) is 13.8. The number of nitrogens with zero attached hydrogens (tertiary/aromatic N) is 1. The third-order valence-electron chi connectivity index (χ3n) is 4.12. The van der Waals surface area contributed by atoms with Gasteiger partial charge in [0.15, 0.2) is 0 Å². The minimum atomic E-state index is -0.272. The average Bonchev–Trinajstić information content (AvgIpc) is 2.43. The number of methoxy groups -OCH3 is 1. The second-order valence-electron chi connectivity index (χ2n) is 5.49. The molecule has 1 aliphatic rings. The number of piperidine rings is 1. The lowest BCUT2D eigenvalue weighted by Crippen LogP contribution is -2.42. The molecule has 3 nitrogen and oxygen atoms in total. The summed E-state index contributed by atoms with van der Waals surface area (Å²) in [5.41, 5.74) is 1.87. The summed E-state index contributed by atoms with van der Waals surface area (Å²) in [5, 5.41) is 0. The van der Waals surface area contributed by atoms with E-state index in [1.54, 1.807) is 0 Å². The zero-order valence-corrected chi connectivity index (χ0v) is 12.1. The summed E-state index contributed by atoms with van der Waals surface area (Å²) >= 11 is 0. The molecule has 1 aromatic carbocycles. The van der Waals surface area contributed by atoms with Gasteiger partial charge < -0.3 is 4.74 Å². The van der Waals surface area contributed by atoms with Gasteiger partial charge in [-0.05, 0) is 44.4 Å². The molecule has 19 heavy (non-hydrogen) atoms. The van der Waals surface area contributed by atoms with Crippen LogP contribution in [0.15, 0.2) is 24.3 Å². The number of hydrogen-bond acceptors (Lipinski definition) is 3. The Morgan fingerprint density at radius 3 is 2.32 bits per heavy atom. The van der Waals surface area contributed by atoms with Crippen molar-refractivity contribution in [3.05, 3.63) is 35.4 Å². The number of hydrogen-bond donors (Lipinski definition) is 0. The highest BCUT2D eigenvalue weighted by atomic mass is 16.5. The zero-order valence-electron chi connectivity index (χ0n) is 12.1. The van der Waals surface area contributed by atoms with Crippen molar-refractivity contribution in [1.29, 1.82) is 0 Å². The van der Waals surface area contributed by atoms with Crippen molar-refractivity contribution in [3.8, 4) is 0 Å². The highest BCUT2D eigenvalue weighted by Crippen LogP contribution is 2.24. The van der Waals surface area contributed by atoms with Gasteiger partial charge in [-0.15, -0.1) is 0 Å². The molecular formula is C16H23NO2. The summed E-state index contributed by atoms with van der Waals surface area (Å²) in [6, 6.07) is 9.04. The summed E-state index contributed by atoms with van der Waals surface area (Å²) in [7, 11) is 1.41. The van der Waals surface area contributed by atoms with E-state index in [4.69, 9.17) is 4.74 Å². The van der Waals surface area contributed by atoms with E-state index in [1.807, 2.05) is 24.3 Å². The first-order chi connectivity index (χ1) is 9.11.